The lowest BCUT2D eigenvalue weighted by Gasteiger charge is -2.17. The molecule has 2 aromatic carbocycles. The van der Waals surface area contributed by atoms with Crippen LogP contribution >= 0.6 is 11.6 Å². The van der Waals surface area contributed by atoms with Gasteiger partial charge in [-0.1, -0.05) is 11.6 Å². The monoisotopic (exact) mass is 432 g/mol. The summed E-state index contributed by atoms with van der Waals surface area (Å²) in [6.45, 7) is 1.20. The van der Waals surface area contributed by atoms with Crippen molar-refractivity contribution in [1.29, 1.82) is 0 Å². The van der Waals surface area contributed by atoms with E-state index in [-0.39, 0.29) is 10.6 Å². The number of primary amides is 1. The molecule has 0 aliphatic carbocycles. The first kappa shape index (κ1) is 21.6. The third-order valence-electron chi connectivity index (χ3n) is 4.40. The second-order valence-electron chi connectivity index (χ2n) is 6.84. The Kier molecular flexibility index (Phi) is 6.59. The number of nitrogens with one attached hydrogen (secondary N) is 1. The summed E-state index contributed by atoms with van der Waals surface area (Å²) in [5, 5.41) is 3.64. The number of fused-ring (bicyclic) bond motifs is 1. The molecule has 30 heavy (non-hydrogen) atoms. The Hall–Kier alpha value is -3.10. The van der Waals surface area contributed by atoms with E-state index in [4.69, 9.17) is 26.8 Å². The Morgan fingerprint density at radius 3 is 2.67 bits per heavy atom. The molecule has 0 radical (unpaired) electrons. The second-order valence-corrected chi connectivity index (χ2v) is 7.24. The van der Waals surface area contributed by atoms with E-state index >= 15 is 0 Å². The van der Waals surface area contributed by atoms with Crippen molar-refractivity contribution in [2.24, 2.45) is 5.73 Å². The fourth-order valence-electron chi connectivity index (χ4n) is 2.85. The quantitative estimate of drug-likeness (QED) is 0.562. The van der Waals surface area contributed by atoms with Crippen molar-refractivity contribution in [1.82, 2.24) is 9.88 Å². The maximum atomic E-state index is 13.5. The average molecular weight is 433 g/mol. The van der Waals surface area contributed by atoms with Crippen LogP contribution in [-0.2, 0) is 0 Å². The summed E-state index contributed by atoms with van der Waals surface area (Å²) in [5.74, 6) is -0.199. The zero-order valence-corrected chi connectivity index (χ0v) is 17.6. The zero-order chi connectivity index (χ0) is 21.8. The molecule has 0 bridgehead atoms. The van der Waals surface area contributed by atoms with Crippen LogP contribution in [0.2, 0.25) is 5.02 Å². The van der Waals surface area contributed by atoms with Crippen LogP contribution in [0.4, 0.5) is 15.8 Å². The van der Waals surface area contributed by atoms with Crippen molar-refractivity contribution in [3.63, 3.8) is 0 Å². The Balaban J connectivity index is 2.09. The molecule has 158 valence electrons. The number of nitrogens with two attached hydrogens (primary N) is 1. The molecule has 1 amide bonds. The Morgan fingerprint density at radius 2 is 2.03 bits per heavy atom. The minimum atomic E-state index is -0.662. The highest BCUT2D eigenvalue weighted by Gasteiger charge is 2.17. The summed E-state index contributed by atoms with van der Waals surface area (Å²) in [6, 6.07) is 7.61. The number of anilines is 2. The number of ether oxygens (including phenoxy) is 2. The van der Waals surface area contributed by atoms with Gasteiger partial charge in [-0.2, -0.15) is 0 Å². The van der Waals surface area contributed by atoms with Gasteiger partial charge in [-0.25, -0.2) is 4.39 Å². The zero-order valence-electron chi connectivity index (χ0n) is 16.8. The largest absolute Gasteiger partial charge is 0.493 e. The highest BCUT2D eigenvalue weighted by atomic mass is 35.5. The number of methoxy groups -OCH3 is 1. The first-order valence-electron chi connectivity index (χ1n) is 9.10. The van der Waals surface area contributed by atoms with Gasteiger partial charge >= 0.3 is 0 Å². The van der Waals surface area contributed by atoms with Crippen LogP contribution in [-0.4, -0.2) is 50.1 Å². The summed E-state index contributed by atoms with van der Waals surface area (Å²) in [6.07, 6.45) is 1.38. The highest BCUT2D eigenvalue weighted by molar-refractivity contribution is 6.31. The van der Waals surface area contributed by atoms with Crippen LogP contribution in [0.3, 0.4) is 0 Å². The molecular formula is C21H22ClFN4O3. The third-order valence-corrected chi connectivity index (χ3v) is 4.69. The van der Waals surface area contributed by atoms with Crippen LogP contribution in [0.15, 0.2) is 36.5 Å². The smallest absolute Gasteiger partial charge is 0.252 e. The predicted octanol–water partition coefficient (Wildman–Crippen LogP) is 3.82. The molecule has 9 heteroatoms. The van der Waals surface area contributed by atoms with Crippen LogP contribution in [0.1, 0.15) is 10.4 Å². The van der Waals surface area contributed by atoms with E-state index in [0.29, 0.717) is 40.4 Å². The van der Waals surface area contributed by atoms with Gasteiger partial charge in [0.1, 0.15) is 12.4 Å². The van der Waals surface area contributed by atoms with Crippen LogP contribution in [0, 0.1) is 5.82 Å². The Labute approximate surface area is 178 Å². The van der Waals surface area contributed by atoms with E-state index in [1.807, 2.05) is 19.0 Å². The van der Waals surface area contributed by atoms with Gasteiger partial charge in [0.25, 0.3) is 5.91 Å². The number of halogens is 2. The van der Waals surface area contributed by atoms with E-state index in [1.165, 1.54) is 31.5 Å². The number of amides is 1. The lowest BCUT2D eigenvalue weighted by molar-refractivity contribution is 0.100. The molecule has 1 aromatic heterocycles. The van der Waals surface area contributed by atoms with E-state index in [9.17, 15) is 9.18 Å². The Bertz CT molecular complexity index is 1090. The third kappa shape index (κ3) is 4.72. The number of carbonyl (C=O) groups excluding carboxylic acids is 1. The van der Waals surface area contributed by atoms with Gasteiger partial charge in [0, 0.05) is 29.9 Å². The van der Waals surface area contributed by atoms with Crippen LogP contribution < -0.4 is 20.5 Å². The Morgan fingerprint density at radius 1 is 1.27 bits per heavy atom. The summed E-state index contributed by atoms with van der Waals surface area (Å²) in [5.41, 5.74) is 7.18. The van der Waals surface area contributed by atoms with Gasteiger partial charge in [0.05, 0.1) is 28.9 Å². The fourth-order valence-corrected chi connectivity index (χ4v) is 3.03. The highest BCUT2D eigenvalue weighted by Crippen LogP contribution is 2.37. The van der Waals surface area contributed by atoms with Crippen molar-refractivity contribution in [2.45, 2.75) is 0 Å². The minimum Gasteiger partial charge on any atom is -0.493 e. The number of benzene rings is 2. The average Bonchev–Trinajstić information content (AvgIpc) is 2.70. The minimum absolute atomic E-state index is 0.0480. The predicted molar refractivity (Wildman–Crippen MR) is 116 cm³/mol. The molecule has 0 atom stereocenters. The summed E-state index contributed by atoms with van der Waals surface area (Å²) in [7, 11) is 5.43. The van der Waals surface area contributed by atoms with Crippen LogP contribution in [0.5, 0.6) is 11.5 Å². The van der Waals surface area contributed by atoms with Gasteiger partial charge in [-0.15, -0.1) is 0 Å². The van der Waals surface area contributed by atoms with Crippen molar-refractivity contribution < 1.29 is 18.7 Å². The van der Waals surface area contributed by atoms with Crippen molar-refractivity contribution in [2.75, 3.05) is 39.7 Å². The van der Waals surface area contributed by atoms with E-state index in [2.05, 4.69) is 10.3 Å². The molecule has 1 heterocycles. The standard InChI is InChI=1S/C21H22ClFN4O3/c1-27(2)6-7-30-19-10-17-13(9-18(19)29-3)20(14(11-25-17)21(24)28)26-12-4-5-16(23)15(22)8-12/h4-5,8-11H,6-7H2,1-3H3,(H2,24,28)(H,25,26). The van der Waals surface area contributed by atoms with Gasteiger partial charge in [0.15, 0.2) is 11.5 Å². The first-order chi connectivity index (χ1) is 14.3. The summed E-state index contributed by atoms with van der Waals surface area (Å²) >= 11 is 5.88. The molecule has 0 saturated carbocycles. The van der Waals surface area contributed by atoms with Crippen molar-refractivity contribution >= 4 is 39.8 Å². The van der Waals surface area contributed by atoms with Gasteiger partial charge < -0.3 is 25.4 Å². The molecule has 3 N–H and O–H groups in total. The number of hydrogen-bond acceptors (Lipinski definition) is 6. The number of likely N-dealkylation sites (N-methyl/N-ethyl adjacent to an activating group) is 1. The van der Waals surface area contributed by atoms with Gasteiger partial charge in [0.2, 0.25) is 0 Å². The molecule has 3 rings (SSSR count). The van der Waals surface area contributed by atoms with Gasteiger partial charge in [-0.05, 0) is 38.4 Å². The number of pyridine rings is 1. The molecule has 3 aromatic rings. The van der Waals surface area contributed by atoms with Crippen LogP contribution in [0.25, 0.3) is 10.9 Å². The molecule has 0 saturated heterocycles. The molecule has 0 aliphatic rings. The SMILES string of the molecule is COc1cc2c(Nc3ccc(F)c(Cl)c3)c(C(N)=O)cnc2cc1OCCN(C)C. The molecule has 0 aliphatic heterocycles. The molecule has 0 unspecified atom stereocenters. The summed E-state index contributed by atoms with van der Waals surface area (Å²) in [4.78, 5) is 18.3. The van der Waals surface area contributed by atoms with Crippen molar-refractivity contribution in [3.8, 4) is 11.5 Å². The molecule has 0 spiro atoms. The second kappa shape index (κ2) is 9.15. The maximum absolute atomic E-state index is 13.5. The molecular weight excluding hydrogens is 411 g/mol. The maximum Gasteiger partial charge on any atom is 0.252 e. The first-order valence-corrected chi connectivity index (χ1v) is 9.48. The van der Waals surface area contributed by atoms with E-state index < -0.39 is 11.7 Å². The number of rotatable bonds is 8. The topological polar surface area (TPSA) is 89.7 Å². The number of nitrogens with zero attached hydrogens (tertiary/aromatic N) is 2. The lowest BCUT2D eigenvalue weighted by Crippen LogP contribution is -2.19. The van der Waals surface area contributed by atoms with Crippen molar-refractivity contribution in [3.05, 3.63) is 52.9 Å². The summed E-state index contributed by atoms with van der Waals surface area (Å²) < 4.78 is 24.8. The van der Waals surface area contributed by atoms with E-state index in [1.54, 1.807) is 12.1 Å². The normalized spacial score (nSPS) is 11.0. The molecule has 7 nitrogen and oxygen atoms in total. The number of aromatic nitrogens is 1. The lowest BCUT2D eigenvalue weighted by atomic mass is 10.1. The van der Waals surface area contributed by atoms with E-state index in [0.717, 1.165) is 6.54 Å². The molecule has 0 fully saturated rings. The van der Waals surface area contributed by atoms with Gasteiger partial charge in [-0.3, -0.25) is 9.78 Å². The fraction of sp³-hybridized carbons (Fsp3) is 0.238. The number of hydrogen-bond donors (Lipinski definition) is 2. The number of carbonyl (C=O) groups is 1.